The van der Waals surface area contributed by atoms with Crippen molar-refractivity contribution >= 4 is 28.7 Å². The van der Waals surface area contributed by atoms with Crippen LogP contribution in [0.4, 0.5) is 5.69 Å². The molecular weight excluding hydrogens is 424 g/mol. The number of methoxy groups -OCH3 is 1. The Morgan fingerprint density at radius 1 is 1.24 bits per heavy atom. The molecule has 0 spiro atoms. The first-order valence-electron chi connectivity index (χ1n) is 10.9. The maximum atomic E-state index is 12.7. The fraction of sp³-hybridized carbons (Fsp3) is 0.333. The van der Waals surface area contributed by atoms with E-state index in [1.54, 1.807) is 26.0 Å². The third kappa shape index (κ3) is 4.67. The van der Waals surface area contributed by atoms with Crippen LogP contribution < -0.4 is 14.9 Å². The monoisotopic (exact) mass is 450 g/mol. The van der Waals surface area contributed by atoms with E-state index in [1.165, 1.54) is 37.1 Å². The fourth-order valence-corrected chi connectivity index (χ4v) is 4.10. The Bertz CT molecular complexity index is 1250. The van der Waals surface area contributed by atoms with Crippen molar-refractivity contribution in [2.75, 3.05) is 7.11 Å². The van der Waals surface area contributed by atoms with E-state index in [1.807, 2.05) is 12.1 Å². The normalized spacial score (nSPS) is 13.3. The molecule has 1 aromatic heterocycles. The average Bonchev–Trinajstić information content (AvgIpc) is 3.17. The van der Waals surface area contributed by atoms with Gasteiger partial charge in [-0.05, 0) is 69.4 Å². The fourth-order valence-electron chi connectivity index (χ4n) is 4.10. The zero-order valence-corrected chi connectivity index (χ0v) is 18.8. The second-order valence-electron chi connectivity index (χ2n) is 8.24. The first kappa shape index (κ1) is 22.3. The number of aromatic amines is 1. The predicted octanol–water partition coefficient (Wildman–Crippen LogP) is 4.51. The molecular formula is C24H26N4O5. The van der Waals surface area contributed by atoms with Gasteiger partial charge in [0.15, 0.2) is 5.75 Å². The largest absolute Gasteiger partial charge is 0.493 e. The summed E-state index contributed by atoms with van der Waals surface area (Å²) in [7, 11) is 1.41. The van der Waals surface area contributed by atoms with Crippen LogP contribution in [-0.4, -0.2) is 35.2 Å². The lowest BCUT2D eigenvalue weighted by Crippen LogP contribution is -2.17. The standard InChI is InChI=1S/C24H26N4O5/c1-14(2)33-23-21(28(30)31)10-15(11-22(23)32-3)13-25-27-24(29)16-8-9-20-18(12-16)17-6-4-5-7-19(17)26-20/h8-14,26H,4-7H2,1-3H3,(H,27,29)/b25-13-. The first-order chi connectivity index (χ1) is 15.9. The number of ether oxygens (including phenoxy) is 2. The Hall–Kier alpha value is -3.88. The highest BCUT2D eigenvalue weighted by molar-refractivity contribution is 5.99. The molecule has 1 amide bonds. The number of aromatic nitrogens is 1. The lowest BCUT2D eigenvalue weighted by atomic mass is 9.95. The lowest BCUT2D eigenvalue weighted by molar-refractivity contribution is -0.386. The molecule has 1 aliphatic rings. The molecule has 2 aromatic carbocycles. The van der Waals surface area contributed by atoms with E-state index < -0.39 is 4.92 Å². The molecule has 172 valence electrons. The van der Waals surface area contributed by atoms with Crippen molar-refractivity contribution in [1.29, 1.82) is 0 Å². The number of carbonyl (C=O) groups excluding carboxylic acids is 1. The number of H-pyrrole nitrogens is 1. The quantitative estimate of drug-likeness (QED) is 0.312. The highest BCUT2D eigenvalue weighted by Gasteiger charge is 2.23. The van der Waals surface area contributed by atoms with Gasteiger partial charge in [0, 0.05) is 33.8 Å². The molecule has 9 nitrogen and oxygen atoms in total. The minimum absolute atomic E-state index is 0.0572. The first-order valence-corrected chi connectivity index (χ1v) is 10.9. The SMILES string of the molecule is COc1cc(/C=N\NC(=O)c2ccc3[nH]c4c(c3c2)CCCC4)cc([N+](=O)[O-])c1OC(C)C. The van der Waals surface area contributed by atoms with E-state index in [0.29, 0.717) is 11.1 Å². The summed E-state index contributed by atoms with van der Waals surface area (Å²) in [5, 5.41) is 16.6. The summed E-state index contributed by atoms with van der Waals surface area (Å²) in [5.41, 5.74) is 6.73. The molecule has 0 fully saturated rings. The summed E-state index contributed by atoms with van der Waals surface area (Å²) >= 11 is 0. The van der Waals surface area contributed by atoms with Crippen molar-refractivity contribution in [3.8, 4) is 11.5 Å². The molecule has 0 radical (unpaired) electrons. The van der Waals surface area contributed by atoms with Crippen LogP contribution in [0.1, 0.15) is 53.9 Å². The summed E-state index contributed by atoms with van der Waals surface area (Å²) in [6.07, 6.45) is 5.44. The summed E-state index contributed by atoms with van der Waals surface area (Å²) < 4.78 is 10.8. The van der Waals surface area contributed by atoms with E-state index in [0.717, 1.165) is 30.2 Å². The second-order valence-corrected chi connectivity index (χ2v) is 8.24. The molecule has 0 bridgehead atoms. The number of aryl methyl sites for hydroxylation is 2. The minimum atomic E-state index is -0.539. The van der Waals surface area contributed by atoms with Gasteiger partial charge >= 0.3 is 5.69 Å². The van der Waals surface area contributed by atoms with Gasteiger partial charge in [0.05, 0.1) is 24.4 Å². The maximum Gasteiger partial charge on any atom is 0.315 e. The topological polar surface area (TPSA) is 119 Å². The maximum absolute atomic E-state index is 12.7. The summed E-state index contributed by atoms with van der Waals surface area (Å²) in [4.78, 5) is 27.1. The molecule has 0 unspecified atom stereocenters. The highest BCUT2D eigenvalue weighted by atomic mass is 16.6. The van der Waals surface area contributed by atoms with Crippen LogP contribution in [0.25, 0.3) is 10.9 Å². The zero-order chi connectivity index (χ0) is 23.5. The van der Waals surface area contributed by atoms with Crippen molar-refractivity contribution in [2.24, 2.45) is 5.10 Å². The van der Waals surface area contributed by atoms with Gasteiger partial charge in [0.1, 0.15) is 0 Å². The zero-order valence-electron chi connectivity index (χ0n) is 18.8. The van der Waals surface area contributed by atoms with Crippen molar-refractivity contribution in [1.82, 2.24) is 10.4 Å². The number of amides is 1. The molecule has 2 N–H and O–H groups in total. The number of nitro benzene ring substituents is 1. The summed E-state index contributed by atoms with van der Waals surface area (Å²) in [6.45, 7) is 3.55. The smallest absolute Gasteiger partial charge is 0.315 e. The second kappa shape index (κ2) is 9.32. The summed E-state index contributed by atoms with van der Waals surface area (Å²) in [6, 6.07) is 8.44. The van der Waals surface area contributed by atoms with Crippen molar-refractivity contribution < 1.29 is 19.2 Å². The number of nitrogens with zero attached hydrogens (tertiary/aromatic N) is 2. The van der Waals surface area contributed by atoms with Gasteiger partial charge in [0.25, 0.3) is 5.91 Å². The Kier molecular flexibility index (Phi) is 6.30. The Balaban J connectivity index is 1.54. The van der Waals surface area contributed by atoms with E-state index in [-0.39, 0.29) is 29.2 Å². The molecule has 0 saturated carbocycles. The Morgan fingerprint density at radius 2 is 2.03 bits per heavy atom. The number of rotatable bonds is 7. The van der Waals surface area contributed by atoms with Crippen molar-refractivity contribution in [3.63, 3.8) is 0 Å². The number of hydrogen-bond acceptors (Lipinski definition) is 6. The number of hydrazone groups is 1. The van der Waals surface area contributed by atoms with Gasteiger partial charge in [-0.2, -0.15) is 5.10 Å². The van der Waals surface area contributed by atoms with Crippen LogP contribution in [0.3, 0.4) is 0 Å². The predicted molar refractivity (Wildman–Crippen MR) is 125 cm³/mol. The molecule has 4 rings (SSSR count). The summed E-state index contributed by atoms with van der Waals surface area (Å²) in [5.74, 6) is -0.0877. The Labute approximate surface area is 190 Å². The lowest BCUT2D eigenvalue weighted by Gasteiger charge is -2.14. The molecule has 3 aromatic rings. The van der Waals surface area contributed by atoms with E-state index in [4.69, 9.17) is 9.47 Å². The van der Waals surface area contributed by atoms with Gasteiger partial charge in [0.2, 0.25) is 5.75 Å². The van der Waals surface area contributed by atoms with Crippen LogP contribution in [0.5, 0.6) is 11.5 Å². The molecule has 0 atom stereocenters. The van der Waals surface area contributed by atoms with Gasteiger partial charge < -0.3 is 14.5 Å². The third-order valence-electron chi connectivity index (χ3n) is 5.57. The van der Waals surface area contributed by atoms with Crippen LogP contribution in [0.2, 0.25) is 0 Å². The number of carbonyl (C=O) groups is 1. The van der Waals surface area contributed by atoms with Gasteiger partial charge in [-0.25, -0.2) is 5.43 Å². The molecule has 0 saturated heterocycles. The molecule has 33 heavy (non-hydrogen) atoms. The molecule has 9 heteroatoms. The van der Waals surface area contributed by atoms with Crippen LogP contribution >= 0.6 is 0 Å². The molecule has 1 aliphatic carbocycles. The van der Waals surface area contributed by atoms with Crippen molar-refractivity contribution in [3.05, 3.63) is 62.8 Å². The van der Waals surface area contributed by atoms with Gasteiger partial charge in [-0.3, -0.25) is 14.9 Å². The van der Waals surface area contributed by atoms with Gasteiger partial charge in [-0.1, -0.05) is 0 Å². The van der Waals surface area contributed by atoms with Crippen molar-refractivity contribution in [2.45, 2.75) is 45.6 Å². The minimum Gasteiger partial charge on any atom is -0.493 e. The Morgan fingerprint density at radius 3 is 2.76 bits per heavy atom. The third-order valence-corrected chi connectivity index (χ3v) is 5.57. The number of nitro groups is 1. The average molecular weight is 450 g/mol. The molecule has 0 aliphatic heterocycles. The van der Waals surface area contributed by atoms with Gasteiger partial charge in [-0.15, -0.1) is 0 Å². The number of benzene rings is 2. The van der Waals surface area contributed by atoms with E-state index in [9.17, 15) is 14.9 Å². The number of hydrogen-bond donors (Lipinski definition) is 2. The van der Waals surface area contributed by atoms with E-state index in [2.05, 4.69) is 15.5 Å². The van der Waals surface area contributed by atoms with E-state index >= 15 is 0 Å². The van der Waals surface area contributed by atoms with Crippen LogP contribution in [0.15, 0.2) is 35.4 Å². The number of nitrogens with one attached hydrogen (secondary N) is 2. The van der Waals surface area contributed by atoms with Crippen LogP contribution in [-0.2, 0) is 12.8 Å². The van der Waals surface area contributed by atoms with Crippen LogP contribution in [0, 0.1) is 10.1 Å². The highest BCUT2D eigenvalue weighted by Crippen LogP contribution is 2.38. The number of fused-ring (bicyclic) bond motifs is 3. The molecule has 1 heterocycles.